The summed E-state index contributed by atoms with van der Waals surface area (Å²) in [7, 11) is 0. The van der Waals surface area contributed by atoms with Gasteiger partial charge in [0.25, 0.3) is 5.91 Å². The highest BCUT2D eigenvalue weighted by atomic mass is 16.1. The maximum absolute atomic E-state index is 12.2. The number of aromatic nitrogens is 2. The molecule has 0 atom stereocenters. The van der Waals surface area contributed by atoms with Crippen molar-refractivity contribution < 1.29 is 4.79 Å². The van der Waals surface area contributed by atoms with E-state index in [0.717, 1.165) is 17.3 Å². The van der Waals surface area contributed by atoms with Gasteiger partial charge in [0, 0.05) is 41.6 Å². The van der Waals surface area contributed by atoms with E-state index in [1.54, 1.807) is 12.4 Å². The van der Waals surface area contributed by atoms with Crippen LogP contribution in [0.5, 0.6) is 0 Å². The van der Waals surface area contributed by atoms with Gasteiger partial charge in [-0.05, 0) is 42.3 Å². The molecule has 0 saturated carbocycles. The molecule has 2 N–H and O–H groups in total. The molecule has 0 aliphatic rings. The maximum atomic E-state index is 12.2. The van der Waals surface area contributed by atoms with Crippen LogP contribution < -0.4 is 5.32 Å². The lowest BCUT2D eigenvalue weighted by molar-refractivity contribution is 0.0956. The standard InChI is InChI=1S/C16H15N3O/c20-16(19-10-6-12-4-8-17-9-5-12)14-2-1-3-15-13(14)7-11-18-15/h1-5,7-9,11,18H,6,10H2,(H,19,20). The number of pyridine rings is 1. The predicted octanol–water partition coefficient (Wildman–Crippen LogP) is 2.54. The van der Waals surface area contributed by atoms with Gasteiger partial charge in [-0.2, -0.15) is 0 Å². The summed E-state index contributed by atoms with van der Waals surface area (Å²) < 4.78 is 0. The number of fused-ring (bicyclic) bond motifs is 1. The molecule has 4 heteroatoms. The van der Waals surface area contributed by atoms with Crippen molar-refractivity contribution in [3.05, 3.63) is 66.1 Å². The molecule has 3 aromatic rings. The van der Waals surface area contributed by atoms with Crippen molar-refractivity contribution in [2.24, 2.45) is 0 Å². The zero-order chi connectivity index (χ0) is 13.8. The van der Waals surface area contributed by atoms with Crippen LogP contribution in [0, 0.1) is 0 Å². The molecule has 1 amide bonds. The first-order valence-corrected chi connectivity index (χ1v) is 6.58. The lowest BCUT2D eigenvalue weighted by Gasteiger charge is -2.06. The number of benzene rings is 1. The number of hydrogen-bond acceptors (Lipinski definition) is 2. The lowest BCUT2D eigenvalue weighted by atomic mass is 10.1. The molecule has 0 radical (unpaired) electrons. The number of nitrogens with zero attached hydrogens (tertiary/aromatic N) is 1. The van der Waals surface area contributed by atoms with Crippen LogP contribution >= 0.6 is 0 Å². The highest BCUT2D eigenvalue weighted by molar-refractivity contribution is 6.06. The number of carbonyl (C=O) groups is 1. The van der Waals surface area contributed by atoms with E-state index in [1.165, 1.54) is 5.56 Å². The predicted molar refractivity (Wildman–Crippen MR) is 78.6 cm³/mol. The fourth-order valence-electron chi connectivity index (χ4n) is 2.25. The first-order chi connectivity index (χ1) is 9.84. The molecule has 20 heavy (non-hydrogen) atoms. The van der Waals surface area contributed by atoms with Crippen LogP contribution in [0.2, 0.25) is 0 Å². The van der Waals surface area contributed by atoms with Gasteiger partial charge in [0.05, 0.1) is 0 Å². The second-order valence-electron chi connectivity index (χ2n) is 4.61. The molecule has 4 nitrogen and oxygen atoms in total. The summed E-state index contributed by atoms with van der Waals surface area (Å²) in [5.41, 5.74) is 2.85. The van der Waals surface area contributed by atoms with Gasteiger partial charge in [-0.3, -0.25) is 9.78 Å². The van der Waals surface area contributed by atoms with Crippen molar-refractivity contribution in [1.82, 2.24) is 15.3 Å². The monoisotopic (exact) mass is 265 g/mol. The molecule has 3 rings (SSSR count). The van der Waals surface area contributed by atoms with Crippen molar-refractivity contribution >= 4 is 16.8 Å². The summed E-state index contributed by atoms with van der Waals surface area (Å²) in [6.45, 7) is 0.615. The minimum Gasteiger partial charge on any atom is -0.361 e. The number of hydrogen-bond donors (Lipinski definition) is 2. The normalized spacial score (nSPS) is 10.6. The van der Waals surface area contributed by atoms with Gasteiger partial charge < -0.3 is 10.3 Å². The molecule has 0 saturated heterocycles. The van der Waals surface area contributed by atoms with Crippen LogP contribution in [0.25, 0.3) is 10.9 Å². The topological polar surface area (TPSA) is 57.8 Å². The Morgan fingerprint density at radius 2 is 2.00 bits per heavy atom. The molecule has 1 aromatic carbocycles. The number of carbonyl (C=O) groups excluding carboxylic acids is 1. The Bertz CT molecular complexity index is 719. The minimum absolute atomic E-state index is 0.0377. The van der Waals surface area contributed by atoms with Crippen molar-refractivity contribution in [2.45, 2.75) is 6.42 Å². The molecule has 0 bridgehead atoms. The lowest BCUT2D eigenvalue weighted by Crippen LogP contribution is -2.25. The fourth-order valence-corrected chi connectivity index (χ4v) is 2.25. The Hall–Kier alpha value is -2.62. The van der Waals surface area contributed by atoms with E-state index in [0.29, 0.717) is 12.1 Å². The Labute approximate surface area is 116 Å². The van der Waals surface area contributed by atoms with E-state index in [4.69, 9.17) is 0 Å². The van der Waals surface area contributed by atoms with Crippen molar-refractivity contribution in [2.75, 3.05) is 6.54 Å². The molecule has 2 heterocycles. The summed E-state index contributed by atoms with van der Waals surface area (Å²) in [6.07, 6.45) is 6.17. The molecule has 2 aromatic heterocycles. The second-order valence-corrected chi connectivity index (χ2v) is 4.61. The van der Waals surface area contributed by atoms with E-state index in [1.807, 2.05) is 42.6 Å². The largest absolute Gasteiger partial charge is 0.361 e. The molecule has 0 aliphatic heterocycles. The highest BCUT2D eigenvalue weighted by Gasteiger charge is 2.09. The summed E-state index contributed by atoms with van der Waals surface area (Å²) in [6, 6.07) is 11.5. The number of rotatable bonds is 4. The van der Waals surface area contributed by atoms with Crippen LogP contribution in [0.4, 0.5) is 0 Å². The summed E-state index contributed by atoms with van der Waals surface area (Å²) >= 11 is 0. The quantitative estimate of drug-likeness (QED) is 0.761. The SMILES string of the molecule is O=C(NCCc1ccncc1)c1cccc2[nH]ccc12. The van der Waals surface area contributed by atoms with E-state index in [9.17, 15) is 4.79 Å². The van der Waals surface area contributed by atoms with Crippen molar-refractivity contribution in [3.8, 4) is 0 Å². The number of amides is 1. The average Bonchev–Trinajstić information content (AvgIpc) is 2.96. The Morgan fingerprint density at radius 3 is 2.85 bits per heavy atom. The van der Waals surface area contributed by atoms with Crippen LogP contribution in [-0.4, -0.2) is 22.4 Å². The van der Waals surface area contributed by atoms with Gasteiger partial charge >= 0.3 is 0 Å². The maximum Gasteiger partial charge on any atom is 0.251 e. The van der Waals surface area contributed by atoms with E-state index in [2.05, 4.69) is 15.3 Å². The van der Waals surface area contributed by atoms with Gasteiger partial charge in [-0.25, -0.2) is 0 Å². The third-order valence-electron chi connectivity index (χ3n) is 3.29. The molecule has 0 unspecified atom stereocenters. The Morgan fingerprint density at radius 1 is 1.15 bits per heavy atom. The van der Waals surface area contributed by atoms with Crippen molar-refractivity contribution in [1.29, 1.82) is 0 Å². The van der Waals surface area contributed by atoms with Crippen LogP contribution in [-0.2, 0) is 6.42 Å². The van der Waals surface area contributed by atoms with Crippen LogP contribution in [0.1, 0.15) is 15.9 Å². The summed E-state index contributed by atoms with van der Waals surface area (Å²) in [4.78, 5) is 19.3. The molecule has 0 spiro atoms. The summed E-state index contributed by atoms with van der Waals surface area (Å²) in [5.74, 6) is -0.0377. The van der Waals surface area contributed by atoms with Gasteiger partial charge in [0.15, 0.2) is 0 Å². The van der Waals surface area contributed by atoms with E-state index in [-0.39, 0.29) is 5.91 Å². The van der Waals surface area contributed by atoms with Crippen LogP contribution in [0.3, 0.4) is 0 Å². The Balaban J connectivity index is 1.66. The molecule has 0 aliphatic carbocycles. The third kappa shape index (κ3) is 2.54. The van der Waals surface area contributed by atoms with Gasteiger partial charge in [0.2, 0.25) is 0 Å². The first-order valence-electron chi connectivity index (χ1n) is 6.58. The first kappa shape index (κ1) is 12.4. The average molecular weight is 265 g/mol. The smallest absolute Gasteiger partial charge is 0.251 e. The number of nitrogens with one attached hydrogen (secondary N) is 2. The molecular weight excluding hydrogens is 250 g/mol. The molecule has 0 fully saturated rings. The number of aromatic amines is 1. The van der Waals surface area contributed by atoms with Crippen LogP contribution in [0.15, 0.2) is 55.0 Å². The third-order valence-corrected chi connectivity index (χ3v) is 3.29. The van der Waals surface area contributed by atoms with E-state index < -0.39 is 0 Å². The fraction of sp³-hybridized carbons (Fsp3) is 0.125. The zero-order valence-electron chi connectivity index (χ0n) is 11.0. The van der Waals surface area contributed by atoms with E-state index >= 15 is 0 Å². The minimum atomic E-state index is -0.0377. The van der Waals surface area contributed by atoms with Gasteiger partial charge in [0.1, 0.15) is 0 Å². The summed E-state index contributed by atoms with van der Waals surface area (Å²) in [5, 5.41) is 3.91. The highest BCUT2D eigenvalue weighted by Crippen LogP contribution is 2.17. The second kappa shape index (κ2) is 5.57. The van der Waals surface area contributed by atoms with Crippen molar-refractivity contribution in [3.63, 3.8) is 0 Å². The molecular formula is C16H15N3O. The molecule has 100 valence electrons. The van der Waals surface area contributed by atoms with Gasteiger partial charge in [-0.1, -0.05) is 6.07 Å². The number of H-pyrrole nitrogens is 1. The zero-order valence-corrected chi connectivity index (χ0v) is 11.0. The van der Waals surface area contributed by atoms with Gasteiger partial charge in [-0.15, -0.1) is 0 Å². The Kier molecular flexibility index (Phi) is 3.46.